The highest BCUT2D eigenvalue weighted by molar-refractivity contribution is 5.79. The number of morpholine rings is 1. The van der Waals surface area contributed by atoms with Gasteiger partial charge >= 0.3 is 0 Å². The van der Waals surface area contributed by atoms with Crippen LogP contribution in [0, 0.1) is 5.92 Å². The summed E-state index contributed by atoms with van der Waals surface area (Å²) in [6.07, 6.45) is 0.330. The van der Waals surface area contributed by atoms with Crippen LogP contribution in [0.4, 0.5) is 0 Å². The van der Waals surface area contributed by atoms with Gasteiger partial charge < -0.3 is 15.6 Å². The van der Waals surface area contributed by atoms with Gasteiger partial charge in [0.05, 0.1) is 12.7 Å². The van der Waals surface area contributed by atoms with Crippen molar-refractivity contribution in [3.05, 3.63) is 0 Å². The molecule has 1 fully saturated rings. The standard InChI is InChI=1S/C12H24N2O3/c1-8(2)4-10(7-15)14-5-9(3)17-11(6-14)12(13)16/h8-11,15H,4-7H2,1-3H3,(H2,13,16)/t9?,10-,11?/m0/s1. The summed E-state index contributed by atoms with van der Waals surface area (Å²) in [5.41, 5.74) is 5.28. The van der Waals surface area contributed by atoms with E-state index >= 15 is 0 Å². The third-order valence-corrected chi connectivity index (χ3v) is 3.08. The maximum absolute atomic E-state index is 11.2. The molecule has 0 aromatic rings. The number of rotatable bonds is 5. The van der Waals surface area contributed by atoms with Gasteiger partial charge in [-0.1, -0.05) is 13.8 Å². The average Bonchev–Trinajstić information content (AvgIpc) is 2.24. The van der Waals surface area contributed by atoms with Gasteiger partial charge in [-0.15, -0.1) is 0 Å². The highest BCUT2D eigenvalue weighted by atomic mass is 16.5. The Labute approximate surface area is 103 Å². The summed E-state index contributed by atoms with van der Waals surface area (Å²) in [7, 11) is 0. The first kappa shape index (κ1) is 14.4. The SMILES string of the molecule is CC(C)C[C@@H](CO)N1CC(C)OC(C(N)=O)C1. The Morgan fingerprint density at radius 2 is 2.18 bits per heavy atom. The summed E-state index contributed by atoms with van der Waals surface area (Å²) < 4.78 is 5.48. The van der Waals surface area contributed by atoms with Crippen LogP contribution in [0.1, 0.15) is 27.2 Å². The van der Waals surface area contributed by atoms with Crippen LogP contribution < -0.4 is 5.73 Å². The molecule has 1 aliphatic rings. The lowest BCUT2D eigenvalue weighted by molar-refractivity contribution is -0.145. The summed E-state index contributed by atoms with van der Waals surface area (Å²) in [4.78, 5) is 13.3. The Morgan fingerprint density at radius 3 is 2.65 bits per heavy atom. The summed E-state index contributed by atoms with van der Waals surface area (Å²) >= 11 is 0. The minimum atomic E-state index is -0.556. The van der Waals surface area contributed by atoms with E-state index in [2.05, 4.69) is 18.7 Å². The molecule has 5 nitrogen and oxygen atoms in total. The number of carbonyl (C=O) groups excluding carboxylic acids is 1. The van der Waals surface area contributed by atoms with E-state index in [0.29, 0.717) is 12.5 Å². The molecular weight excluding hydrogens is 220 g/mol. The fraction of sp³-hybridized carbons (Fsp3) is 0.917. The van der Waals surface area contributed by atoms with Gasteiger partial charge in [0.1, 0.15) is 6.10 Å². The lowest BCUT2D eigenvalue weighted by Crippen LogP contribution is -2.55. The lowest BCUT2D eigenvalue weighted by atomic mass is 10.0. The normalized spacial score (nSPS) is 28.3. The van der Waals surface area contributed by atoms with Gasteiger partial charge in [-0.2, -0.15) is 0 Å². The molecule has 0 aromatic heterocycles. The summed E-state index contributed by atoms with van der Waals surface area (Å²) in [5.74, 6) is 0.0834. The van der Waals surface area contributed by atoms with E-state index in [1.54, 1.807) is 0 Å². The van der Waals surface area contributed by atoms with Crippen molar-refractivity contribution in [1.82, 2.24) is 4.90 Å². The summed E-state index contributed by atoms with van der Waals surface area (Å²) in [6.45, 7) is 7.50. The number of nitrogens with zero attached hydrogens (tertiary/aromatic N) is 1. The van der Waals surface area contributed by atoms with Gasteiger partial charge in [0, 0.05) is 19.1 Å². The number of hydrogen-bond donors (Lipinski definition) is 2. The highest BCUT2D eigenvalue weighted by Gasteiger charge is 2.32. The molecule has 0 aliphatic carbocycles. The van der Waals surface area contributed by atoms with Gasteiger partial charge in [-0.05, 0) is 19.3 Å². The zero-order chi connectivity index (χ0) is 13.0. The van der Waals surface area contributed by atoms with E-state index in [-0.39, 0.29) is 18.8 Å². The van der Waals surface area contributed by atoms with Crippen LogP contribution in [0.5, 0.6) is 0 Å². The van der Waals surface area contributed by atoms with Gasteiger partial charge in [0.15, 0.2) is 0 Å². The fourth-order valence-corrected chi connectivity index (χ4v) is 2.32. The van der Waals surface area contributed by atoms with Crippen LogP contribution >= 0.6 is 0 Å². The predicted octanol–water partition coefficient (Wildman–Crippen LogP) is -0.0320. The zero-order valence-electron chi connectivity index (χ0n) is 10.9. The molecule has 0 radical (unpaired) electrons. The van der Waals surface area contributed by atoms with Crippen molar-refractivity contribution in [2.45, 2.75) is 45.4 Å². The molecule has 0 bridgehead atoms. The minimum Gasteiger partial charge on any atom is -0.395 e. The molecule has 0 saturated carbocycles. The van der Waals surface area contributed by atoms with Crippen LogP contribution in [0.15, 0.2) is 0 Å². The molecule has 1 aliphatic heterocycles. The topological polar surface area (TPSA) is 75.8 Å². The first-order valence-electron chi connectivity index (χ1n) is 6.23. The predicted molar refractivity (Wildman–Crippen MR) is 65.4 cm³/mol. The third-order valence-electron chi connectivity index (χ3n) is 3.08. The number of aliphatic hydroxyl groups is 1. The van der Waals surface area contributed by atoms with Gasteiger partial charge in [0.25, 0.3) is 0 Å². The van der Waals surface area contributed by atoms with E-state index in [9.17, 15) is 9.90 Å². The maximum Gasteiger partial charge on any atom is 0.247 e. The molecule has 0 spiro atoms. The molecule has 5 heteroatoms. The second kappa shape index (κ2) is 6.33. The first-order chi connectivity index (χ1) is 7.93. The van der Waals surface area contributed by atoms with Crippen molar-refractivity contribution in [2.75, 3.05) is 19.7 Å². The smallest absolute Gasteiger partial charge is 0.247 e. The summed E-state index contributed by atoms with van der Waals surface area (Å²) in [6, 6.07) is 0.0863. The molecular formula is C12H24N2O3. The molecule has 3 N–H and O–H groups in total. The van der Waals surface area contributed by atoms with Crippen LogP contribution in [0.3, 0.4) is 0 Å². The molecule has 1 heterocycles. The van der Waals surface area contributed by atoms with Crippen molar-refractivity contribution >= 4 is 5.91 Å². The van der Waals surface area contributed by atoms with Crippen molar-refractivity contribution in [1.29, 1.82) is 0 Å². The lowest BCUT2D eigenvalue weighted by Gasteiger charge is -2.40. The van der Waals surface area contributed by atoms with Crippen LogP contribution in [0.2, 0.25) is 0 Å². The number of ether oxygens (including phenoxy) is 1. The Morgan fingerprint density at radius 1 is 1.53 bits per heavy atom. The molecule has 2 unspecified atom stereocenters. The van der Waals surface area contributed by atoms with Crippen molar-refractivity contribution < 1.29 is 14.6 Å². The number of aliphatic hydroxyl groups excluding tert-OH is 1. The first-order valence-corrected chi connectivity index (χ1v) is 6.23. The van der Waals surface area contributed by atoms with E-state index in [0.717, 1.165) is 13.0 Å². The van der Waals surface area contributed by atoms with E-state index < -0.39 is 12.0 Å². The largest absolute Gasteiger partial charge is 0.395 e. The van der Waals surface area contributed by atoms with Crippen molar-refractivity contribution in [3.8, 4) is 0 Å². The van der Waals surface area contributed by atoms with E-state index in [1.807, 2.05) is 6.92 Å². The quantitative estimate of drug-likeness (QED) is 0.712. The third kappa shape index (κ3) is 4.26. The van der Waals surface area contributed by atoms with Crippen LogP contribution in [-0.4, -0.2) is 53.9 Å². The molecule has 0 aromatic carbocycles. The monoisotopic (exact) mass is 244 g/mol. The molecule has 17 heavy (non-hydrogen) atoms. The zero-order valence-corrected chi connectivity index (χ0v) is 10.9. The van der Waals surface area contributed by atoms with Gasteiger partial charge in [0.2, 0.25) is 5.91 Å². The molecule has 1 amide bonds. The Balaban J connectivity index is 2.64. The number of nitrogens with two attached hydrogens (primary N) is 1. The van der Waals surface area contributed by atoms with Crippen molar-refractivity contribution in [3.63, 3.8) is 0 Å². The highest BCUT2D eigenvalue weighted by Crippen LogP contribution is 2.18. The second-order valence-corrected chi connectivity index (χ2v) is 5.26. The van der Waals surface area contributed by atoms with Crippen molar-refractivity contribution in [2.24, 2.45) is 11.7 Å². The molecule has 1 rings (SSSR count). The number of amides is 1. The van der Waals surface area contributed by atoms with Crippen LogP contribution in [0.25, 0.3) is 0 Å². The molecule has 100 valence electrons. The van der Waals surface area contributed by atoms with Gasteiger partial charge in [-0.25, -0.2) is 0 Å². The number of carbonyl (C=O) groups is 1. The Bertz CT molecular complexity index is 258. The molecule has 1 saturated heterocycles. The Hall–Kier alpha value is -0.650. The second-order valence-electron chi connectivity index (χ2n) is 5.26. The summed E-state index contributed by atoms with van der Waals surface area (Å²) in [5, 5.41) is 9.44. The van der Waals surface area contributed by atoms with E-state index in [4.69, 9.17) is 10.5 Å². The van der Waals surface area contributed by atoms with E-state index in [1.165, 1.54) is 0 Å². The maximum atomic E-state index is 11.2. The Kier molecular flexibility index (Phi) is 5.36. The number of primary amides is 1. The molecule has 3 atom stereocenters. The minimum absolute atomic E-state index is 0.0255. The average molecular weight is 244 g/mol. The van der Waals surface area contributed by atoms with Crippen LogP contribution in [-0.2, 0) is 9.53 Å². The number of hydrogen-bond acceptors (Lipinski definition) is 4. The van der Waals surface area contributed by atoms with Gasteiger partial charge in [-0.3, -0.25) is 9.69 Å². The fourth-order valence-electron chi connectivity index (χ4n) is 2.32.